The summed E-state index contributed by atoms with van der Waals surface area (Å²) in [6, 6.07) is 17.9. The van der Waals surface area contributed by atoms with Crippen molar-refractivity contribution in [1.29, 1.82) is 0 Å². The molecule has 1 saturated heterocycles. The van der Waals surface area contributed by atoms with Crippen LogP contribution < -0.4 is 10.8 Å². The van der Waals surface area contributed by atoms with E-state index in [0.29, 0.717) is 19.0 Å². The number of benzene rings is 2. The molecule has 1 fully saturated rings. The van der Waals surface area contributed by atoms with Crippen LogP contribution >= 0.6 is 0 Å². The molecule has 0 unspecified atom stereocenters. The van der Waals surface area contributed by atoms with Crippen LogP contribution in [-0.2, 0) is 9.68 Å². The Morgan fingerprint density at radius 2 is 1.79 bits per heavy atom. The van der Waals surface area contributed by atoms with Gasteiger partial charge in [-0.3, -0.25) is 15.6 Å². The molecule has 0 atom stereocenters. The van der Waals surface area contributed by atoms with Gasteiger partial charge in [-0.1, -0.05) is 62.4 Å². The second-order valence-electron chi connectivity index (χ2n) is 7.87. The van der Waals surface area contributed by atoms with Crippen molar-refractivity contribution in [3.05, 3.63) is 71.8 Å². The molecule has 0 aromatic heterocycles. The Labute approximate surface area is 171 Å². The highest BCUT2D eigenvalue weighted by molar-refractivity contribution is 5.85. The van der Waals surface area contributed by atoms with Gasteiger partial charge in [-0.05, 0) is 42.0 Å². The lowest BCUT2D eigenvalue weighted by Gasteiger charge is -2.35. The van der Waals surface area contributed by atoms with Crippen LogP contribution in [0.2, 0.25) is 0 Å². The molecule has 2 heterocycles. The maximum atomic E-state index is 12.4. The first kappa shape index (κ1) is 19.5. The number of piperidine rings is 1. The van der Waals surface area contributed by atoms with E-state index in [9.17, 15) is 4.79 Å². The van der Waals surface area contributed by atoms with Crippen LogP contribution in [0.15, 0.2) is 60.7 Å². The topological polar surface area (TPSA) is 62.8 Å². The van der Waals surface area contributed by atoms with Crippen molar-refractivity contribution in [1.82, 2.24) is 10.5 Å². The molecule has 4 rings (SSSR count). The number of amides is 1. The van der Waals surface area contributed by atoms with Gasteiger partial charge in [0, 0.05) is 18.8 Å². The molecular weight excluding hydrogens is 366 g/mol. The van der Waals surface area contributed by atoms with Gasteiger partial charge in [0.25, 0.3) is 0 Å². The number of nitrogens with one attached hydrogen (secondary N) is 2. The zero-order valence-electron chi connectivity index (χ0n) is 16.9. The molecule has 2 aliphatic heterocycles. The molecule has 2 N–H and O–H groups in total. The lowest BCUT2D eigenvalue weighted by atomic mass is 9.91. The number of anilines is 1. The van der Waals surface area contributed by atoms with E-state index in [1.807, 2.05) is 42.5 Å². The fourth-order valence-electron chi connectivity index (χ4n) is 3.81. The van der Waals surface area contributed by atoms with E-state index in [2.05, 4.69) is 42.9 Å². The van der Waals surface area contributed by atoms with E-state index >= 15 is 0 Å². The fraction of sp³-hybridized carbons (Fsp3) is 0.348. The van der Waals surface area contributed by atoms with Crippen LogP contribution in [0.4, 0.5) is 10.5 Å². The molecule has 2 aromatic carbocycles. The summed E-state index contributed by atoms with van der Waals surface area (Å²) in [6.45, 7) is 5.42. The maximum absolute atomic E-state index is 12.4. The van der Waals surface area contributed by atoms with E-state index in [1.165, 1.54) is 0 Å². The Kier molecular flexibility index (Phi) is 5.56. The highest BCUT2D eigenvalue weighted by atomic mass is 16.7. The van der Waals surface area contributed by atoms with Crippen LogP contribution in [0, 0.1) is 0 Å². The Balaban J connectivity index is 1.33. The summed E-state index contributed by atoms with van der Waals surface area (Å²) in [4.78, 5) is 23.8. The van der Waals surface area contributed by atoms with Crippen molar-refractivity contribution in [2.45, 2.75) is 38.2 Å². The Hall–Kier alpha value is -2.83. The third-order valence-corrected chi connectivity index (χ3v) is 5.46. The van der Waals surface area contributed by atoms with E-state index < -0.39 is 6.09 Å². The number of hydroxylamine groups is 3. The molecule has 0 aliphatic carbocycles. The maximum Gasteiger partial charge on any atom is 0.430 e. The summed E-state index contributed by atoms with van der Waals surface area (Å²) in [5, 5.41) is 4.58. The van der Waals surface area contributed by atoms with Crippen LogP contribution in [0.5, 0.6) is 0 Å². The van der Waals surface area contributed by atoms with E-state index in [4.69, 9.17) is 9.68 Å². The highest BCUT2D eigenvalue weighted by Crippen LogP contribution is 2.34. The minimum atomic E-state index is -0.458. The average Bonchev–Trinajstić information content (AvgIpc) is 3.14. The van der Waals surface area contributed by atoms with Crippen LogP contribution in [0.1, 0.15) is 43.7 Å². The SMILES string of the molecule is CC(C)c1ccccc1NC(=O)ON1CCC2(C=C(c3ccccc3)NO2)CC1. The molecule has 0 bridgehead atoms. The fourth-order valence-corrected chi connectivity index (χ4v) is 3.81. The van der Waals surface area contributed by atoms with Crippen molar-refractivity contribution in [3.8, 4) is 0 Å². The number of nitrogens with zero attached hydrogens (tertiary/aromatic N) is 1. The zero-order chi connectivity index (χ0) is 20.3. The molecule has 0 radical (unpaired) electrons. The lowest BCUT2D eigenvalue weighted by Crippen LogP contribution is -2.45. The van der Waals surface area contributed by atoms with E-state index in [-0.39, 0.29) is 5.60 Å². The minimum Gasteiger partial charge on any atom is -0.351 e. The van der Waals surface area contributed by atoms with Crippen molar-refractivity contribution >= 4 is 17.5 Å². The molecule has 2 aromatic rings. The molecule has 29 heavy (non-hydrogen) atoms. The Morgan fingerprint density at radius 1 is 1.10 bits per heavy atom. The van der Waals surface area contributed by atoms with Crippen LogP contribution in [0.3, 0.4) is 0 Å². The monoisotopic (exact) mass is 393 g/mol. The summed E-state index contributed by atoms with van der Waals surface area (Å²) < 4.78 is 0. The molecule has 1 amide bonds. The standard InChI is InChI=1S/C23H27N3O3/c1-17(2)19-10-6-7-11-20(19)24-22(27)28-26-14-12-23(13-15-26)16-21(25-29-23)18-8-4-3-5-9-18/h3-11,16-17,25H,12-15H2,1-2H3,(H,24,27). The third kappa shape index (κ3) is 4.44. The van der Waals surface area contributed by atoms with Gasteiger partial charge in [0.15, 0.2) is 0 Å². The van der Waals surface area contributed by atoms with Crippen LogP contribution in [0.25, 0.3) is 5.70 Å². The predicted molar refractivity (Wildman–Crippen MR) is 113 cm³/mol. The van der Waals surface area contributed by atoms with Crippen molar-refractivity contribution in [2.75, 3.05) is 18.4 Å². The first-order valence-electron chi connectivity index (χ1n) is 10.1. The van der Waals surface area contributed by atoms with Gasteiger partial charge >= 0.3 is 6.09 Å². The summed E-state index contributed by atoms with van der Waals surface area (Å²) in [6.07, 6.45) is 3.18. The molecule has 2 aliphatic rings. The average molecular weight is 393 g/mol. The van der Waals surface area contributed by atoms with Crippen LogP contribution in [-0.4, -0.2) is 29.8 Å². The number of carbonyl (C=O) groups excluding carboxylic acids is 1. The number of hydrogen-bond donors (Lipinski definition) is 2. The van der Waals surface area contributed by atoms with E-state index in [1.54, 1.807) is 5.06 Å². The summed E-state index contributed by atoms with van der Waals surface area (Å²) in [5.41, 5.74) is 6.68. The summed E-state index contributed by atoms with van der Waals surface area (Å²) in [5.74, 6) is 0.318. The van der Waals surface area contributed by atoms with Gasteiger partial charge in [0.1, 0.15) is 5.60 Å². The summed E-state index contributed by atoms with van der Waals surface area (Å²) in [7, 11) is 0. The van der Waals surface area contributed by atoms with Crippen molar-refractivity contribution in [2.24, 2.45) is 0 Å². The molecule has 152 valence electrons. The first-order valence-corrected chi connectivity index (χ1v) is 10.1. The Bertz CT molecular complexity index is 887. The molecule has 6 heteroatoms. The minimum absolute atomic E-state index is 0.318. The third-order valence-electron chi connectivity index (χ3n) is 5.46. The lowest BCUT2D eigenvalue weighted by molar-refractivity contribution is -0.153. The van der Waals surface area contributed by atoms with Crippen molar-refractivity contribution < 1.29 is 14.5 Å². The van der Waals surface area contributed by atoms with Gasteiger partial charge in [0.05, 0.1) is 5.70 Å². The smallest absolute Gasteiger partial charge is 0.351 e. The Morgan fingerprint density at radius 3 is 2.52 bits per heavy atom. The predicted octanol–water partition coefficient (Wildman–Crippen LogP) is 4.68. The number of para-hydroxylation sites is 1. The number of hydrogen-bond acceptors (Lipinski definition) is 5. The normalized spacial score (nSPS) is 18.4. The quantitative estimate of drug-likeness (QED) is 0.789. The zero-order valence-corrected chi connectivity index (χ0v) is 16.9. The first-order chi connectivity index (χ1) is 14.0. The molecule has 6 nitrogen and oxygen atoms in total. The second kappa shape index (κ2) is 8.27. The van der Waals surface area contributed by atoms with Gasteiger partial charge < -0.3 is 4.84 Å². The molecule has 0 saturated carbocycles. The van der Waals surface area contributed by atoms with Crippen molar-refractivity contribution in [3.63, 3.8) is 0 Å². The highest BCUT2D eigenvalue weighted by Gasteiger charge is 2.39. The van der Waals surface area contributed by atoms with Gasteiger partial charge in [-0.25, -0.2) is 4.79 Å². The molecular formula is C23H27N3O3. The largest absolute Gasteiger partial charge is 0.430 e. The summed E-state index contributed by atoms with van der Waals surface area (Å²) >= 11 is 0. The van der Waals surface area contributed by atoms with Gasteiger partial charge in [-0.2, -0.15) is 0 Å². The van der Waals surface area contributed by atoms with Gasteiger partial charge in [0.2, 0.25) is 0 Å². The second-order valence-corrected chi connectivity index (χ2v) is 7.87. The van der Waals surface area contributed by atoms with E-state index in [0.717, 1.165) is 35.4 Å². The number of rotatable bonds is 4. The number of carbonyl (C=O) groups is 1. The van der Waals surface area contributed by atoms with Gasteiger partial charge in [-0.15, -0.1) is 5.06 Å². The molecule has 1 spiro atoms.